The highest BCUT2D eigenvalue weighted by atomic mass is 16.5. The maximum atomic E-state index is 11.2. The van der Waals surface area contributed by atoms with Gasteiger partial charge >= 0.3 is 5.97 Å². The Morgan fingerprint density at radius 3 is 2.92 bits per heavy atom. The van der Waals surface area contributed by atoms with Crippen molar-refractivity contribution in [2.45, 2.75) is 19.9 Å². The van der Waals surface area contributed by atoms with E-state index in [0.29, 0.717) is 13.2 Å². The van der Waals surface area contributed by atoms with Crippen LogP contribution in [-0.4, -0.2) is 38.9 Å². The zero-order valence-corrected chi connectivity index (χ0v) is 8.42. The van der Waals surface area contributed by atoms with Crippen LogP contribution >= 0.6 is 0 Å². The lowest BCUT2D eigenvalue weighted by Crippen LogP contribution is -2.42. The summed E-state index contributed by atoms with van der Waals surface area (Å²) in [6.45, 7) is 6.04. The van der Waals surface area contributed by atoms with Crippen molar-refractivity contribution in [2.24, 2.45) is 5.41 Å². The van der Waals surface area contributed by atoms with Gasteiger partial charge in [0.15, 0.2) is 0 Å². The summed E-state index contributed by atoms with van der Waals surface area (Å²) >= 11 is 0. The number of hydrogen-bond acceptors (Lipinski definition) is 4. The van der Waals surface area contributed by atoms with Crippen LogP contribution < -0.4 is 5.32 Å². The van der Waals surface area contributed by atoms with Crippen molar-refractivity contribution >= 4 is 5.97 Å². The molecule has 1 saturated heterocycles. The zero-order valence-electron chi connectivity index (χ0n) is 8.42. The summed E-state index contributed by atoms with van der Waals surface area (Å²) in [6.07, 6.45) is 0. The van der Waals surface area contributed by atoms with Crippen molar-refractivity contribution in [3.63, 3.8) is 0 Å². The molecule has 0 spiro atoms. The third-order valence-electron chi connectivity index (χ3n) is 2.09. The van der Waals surface area contributed by atoms with Crippen LogP contribution in [-0.2, 0) is 14.3 Å². The number of nitrogens with one attached hydrogen (secondary N) is 1. The van der Waals surface area contributed by atoms with Gasteiger partial charge in [-0.2, -0.15) is 0 Å². The number of carbonyl (C=O) groups excluding carboxylic acids is 1. The quantitative estimate of drug-likeness (QED) is 0.595. The Hall–Kier alpha value is -0.610. The minimum Gasteiger partial charge on any atom is -0.468 e. The molecule has 0 aromatic carbocycles. The van der Waals surface area contributed by atoms with Gasteiger partial charge in [0, 0.05) is 12.0 Å². The van der Waals surface area contributed by atoms with Gasteiger partial charge in [0.25, 0.3) is 0 Å². The average molecular weight is 187 g/mol. The lowest BCUT2D eigenvalue weighted by molar-refractivity contribution is -0.144. The van der Waals surface area contributed by atoms with Gasteiger partial charge in [-0.05, 0) is 0 Å². The summed E-state index contributed by atoms with van der Waals surface area (Å²) in [7, 11) is 1.39. The van der Waals surface area contributed by atoms with Crippen LogP contribution in [0.25, 0.3) is 0 Å². The van der Waals surface area contributed by atoms with Gasteiger partial charge in [-0.15, -0.1) is 0 Å². The molecule has 1 unspecified atom stereocenters. The third kappa shape index (κ3) is 2.97. The van der Waals surface area contributed by atoms with Gasteiger partial charge in [0.1, 0.15) is 6.04 Å². The summed E-state index contributed by atoms with van der Waals surface area (Å²) in [6, 6.07) is -0.313. The van der Waals surface area contributed by atoms with E-state index in [9.17, 15) is 4.79 Å². The lowest BCUT2D eigenvalue weighted by atomic mass is 9.95. The van der Waals surface area contributed by atoms with E-state index in [4.69, 9.17) is 4.74 Å². The number of ether oxygens (including phenoxy) is 2. The van der Waals surface area contributed by atoms with Crippen molar-refractivity contribution in [1.29, 1.82) is 0 Å². The minimum absolute atomic E-state index is 0.0861. The van der Waals surface area contributed by atoms with Crippen LogP contribution in [0, 0.1) is 5.41 Å². The summed E-state index contributed by atoms with van der Waals surface area (Å²) in [4.78, 5) is 11.2. The number of rotatable bonds is 1. The van der Waals surface area contributed by atoms with E-state index in [0.717, 1.165) is 6.54 Å². The molecule has 1 heterocycles. The fourth-order valence-corrected chi connectivity index (χ4v) is 1.26. The summed E-state index contributed by atoms with van der Waals surface area (Å²) in [5.41, 5.74) is 0.0861. The van der Waals surface area contributed by atoms with Gasteiger partial charge in [0.05, 0.1) is 20.3 Å². The molecule has 4 heteroatoms. The van der Waals surface area contributed by atoms with Gasteiger partial charge in [-0.25, -0.2) is 0 Å². The standard InChI is InChI=1S/C9H17NO3/c1-9(2)5-10-7(4-13-6-9)8(11)12-3/h7,10H,4-6H2,1-3H3. The molecular weight excluding hydrogens is 170 g/mol. The van der Waals surface area contributed by atoms with Crippen LogP contribution in [0.15, 0.2) is 0 Å². The SMILES string of the molecule is COC(=O)C1COCC(C)(C)CN1. The van der Waals surface area contributed by atoms with Crippen molar-refractivity contribution in [3.8, 4) is 0 Å². The Kier molecular flexibility index (Phi) is 3.27. The topological polar surface area (TPSA) is 47.6 Å². The lowest BCUT2D eigenvalue weighted by Gasteiger charge is -2.20. The molecule has 1 aliphatic rings. The molecule has 1 atom stereocenters. The average Bonchev–Trinajstić information content (AvgIpc) is 2.25. The van der Waals surface area contributed by atoms with E-state index in [-0.39, 0.29) is 17.4 Å². The van der Waals surface area contributed by atoms with Crippen molar-refractivity contribution in [3.05, 3.63) is 0 Å². The Bertz CT molecular complexity index is 191. The first kappa shape index (κ1) is 10.5. The van der Waals surface area contributed by atoms with Crippen LogP contribution in [0.1, 0.15) is 13.8 Å². The van der Waals surface area contributed by atoms with Crippen LogP contribution in [0.5, 0.6) is 0 Å². The predicted molar refractivity (Wildman–Crippen MR) is 48.4 cm³/mol. The normalized spacial score (nSPS) is 27.8. The van der Waals surface area contributed by atoms with Crippen LogP contribution in [0.3, 0.4) is 0 Å². The molecule has 0 aromatic rings. The van der Waals surface area contributed by atoms with E-state index in [2.05, 4.69) is 23.9 Å². The molecule has 76 valence electrons. The van der Waals surface area contributed by atoms with Gasteiger partial charge in [-0.3, -0.25) is 4.79 Å². The van der Waals surface area contributed by atoms with E-state index in [1.165, 1.54) is 7.11 Å². The van der Waals surface area contributed by atoms with E-state index in [1.54, 1.807) is 0 Å². The Labute approximate surface area is 78.6 Å². The molecule has 0 radical (unpaired) electrons. The molecule has 0 saturated carbocycles. The molecule has 13 heavy (non-hydrogen) atoms. The first-order chi connectivity index (χ1) is 6.05. The molecule has 0 aliphatic carbocycles. The molecular formula is C9H17NO3. The molecule has 1 fully saturated rings. The van der Waals surface area contributed by atoms with Crippen molar-refractivity contribution in [2.75, 3.05) is 26.9 Å². The monoisotopic (exact) mass is 187 g/mol. The highest BCUT2D eigenvalue weighted by Gasteiger charge is 2.28. The number of hydrogen-bond donors (Lipinski definition) is 1. The number of methoxy groups -OCH3 is 1. The van der Waals surface area contributed by atoms with Crippen molar-refractivity contribution in [1.82, 2.24) is 5.32 Å². The first-order valence-corrected chi connectivity index (χ1v) is 4.44. The van der Waals surface area contributed by atoms with Crippen LogP contribution in [0.2, 0.25) is 0 Å². The molecule has 4 nitrogen and oxygen atoms in total. The van der Waals surface area contributed by atoms with Gasteiger partial charge in [-0.1, -0.05) is 13.8 Å². The second-order valence-electron chi connectivity index (χ2n) is 4.14. The Morgan fingerprint density at radius 1 is 1.62 bits per heavy atom. The van der Waals surface area contributed by atoms with Crippen molar-refractivity contribution < 1.29 is 14.3 Å². The number of carbonyl (C=O) groups is 1. The Morgan fingerprint density at radius 2 is 2.31 bits per heavy atom. The molecule has 1 aliphatic heterocycles. The predicted octanol–water partition coefficient (Wildman–Crippen LogP) is 0.174. The van der Waals surface area contributed by atoms with Crippen LogP contribution in [0.4, 0.5) is 0 Å². The second kappa shape index (κ2) is 4.07. The summed E-state index contributed by atoms with van der Waals surface area (Å²) < 4.78 is 10.0. The molecule has 0 amide bonds. The molecule has 1 N–H and O–H groups in total. The first-order valence-electron chi connectivity index (χ1n) is 4.44. The fraction of sp³-hybridized carbons (Fsp3) is 0.889. The summed E-state index contributed by atoms with van der Waals surface area (Å²) in [5.74, 6) is -0.252. The molecule has 0 bridgehead atoms. The third-order valence-corrected chi connectivity index (χ3v) is 2.09. The van der Waals surface area contributed by atoms with E-state index < -0.39 is 0 Å². The van der Waals surface area contributed by atoms with E-state index in [1.807, 2.05) is 0 Å². The van der Waals surface area contributed by atoms with Gasteiger partial charge in [0.2, 0.25) is 0 Å². The second-order valence-corrected chi connectivity index (χ2v) is 4.14. The largest absolute Gasteiger partial charge is 0.468 e. The summed E-state index contributed by atoms with van der Waals surface area (Å²) in [5, 5.41) is 3.12. The zero-order chi connectivity index (χ0) is 9.90. The minimum atomic E-state index is -0.313. The Balaban J connectivity index is 2.49. The van der Waals surface area contributed by atoms with Gasteiger partial charge < -0.3 is 14.8 Å². The maximum Gasteiger partial charge on any atom is 0.325 e. The maximum absolute atomic E-state index is 11.2. The molecule has 0 aromatic heterocycles. The fourth-order valence-electron chi connectivity index (χ4n) is 1.26. The smallest absolute Gasteiger partial charge is 0.325 e. The number of esters is 1. The highest BCUT2D eigenvalue weighted by Crippen LogP contribution is 2.16. The van der Waals surface area contributed by atoms with E-state index >= 15 is 0 Å². The molecule has 1 rings (SSSR count). The highest BCUT2D eigenvalue weighted by molar-refractivity contribution is 5.75.